The molecule has 3 aromatic rings. The number of pyridine rings is 1. The van der Waals surface area contributed by atoms with Gasteiger partial charge in [0.05, 0.1) is 30.3 Å². The molecule has 0 spiro atoms. The monoisotopic (exact) mass is 608 g/mol. The maximum Gasteiger partial charge on any atom is 0.359 e. The number of aliphatic hydroxyl groups is 2. The molecule has 0 fully saturated rings. The van der Waals surface area contributed by atoms with Crippen molar-refractivity contribution >= 4 is 23.4 Å². The van der Waals surface area contributed by atoms with E-state index in [-0.39, 0.29) is 12.4 Å². The summed E-state index contributed by atoms with van der Waals surface area (Å²) < 4.78 is 5.79. The molecule has 3 rings (SSSR count). The summed E-state index contributed by atoms with van der Waals surface area (Å²) in [7, 11) is 0. The Bertz CT molecular complexity index is 1290. The summed E-state index contributed by atoms with van der Waals surface area (Å²) in [5, 5.41) is 36.1. The van der Waals surface area contributed by atoms with Crippen LogP contribution in [0, 0.1) is 0 Å². The molecule has 0 radical (unpaired) electrons. The van der Waals surface area contributed by atoms with Gasteiger partial charge in [0.15, 0.2) is 0 Å². The van der Waals surface area contributed by atoms with Gasteiger partial charge < -0.3 is 35.5 Å². The number of carbonyl (C=O) groups is 2. The second-order valence-electron chi connectivity index (χ2n) is 10.5. The Morgan fingerprint density at radius 2 is 1.77 bits per heavy atom. The molecule has 0 saturated carbocycles. The van der Waals surface area contributed by atoms with E-state index in [0.717, 1.165) is 68.7 Å². The van der Waals surface area contributed by atoms with E-state index in [1.807, 2.05) is 18.2 Å². The van der Waals surface area contributed by atoms with Crippen LogP contribution in [0.2, 0.25) is 0 Å². The van der Waals surface area contributed by atoms with E-state index in [9.17, 15) is 24.9 Å². The average molecular weight is 609 g/mol. The van der Waals surface area contributed by atoms with Gasteiger partial charge in [-0.1, -0.05) is 31.0 Å². The van der Waals surface area contributed by atoms with Crippen molar-refractivity contribution in [2.45, 2.75) is 64.6 Å². The quantitative estimate of drug-likeness (QED) is 0.0990. The summed E-state index contributed by atoms with van der Waals surface area (Å²) in [5.41, 5.74) is 3.03. The smallest absolute Gasteiger partial charge is 0.359 e. The molecule has 0 aliphatic rings. The number of aliphatic hydroxyl groups excluding tert-OH is 2. The van der Waals surface area contributed by atoms with Gasteiger partial charge in [-0.15, -0.1) is 5.06 Å². The number of aromatic nitrogens is 1. The number of amides is 2. The molecule has 238 valence electrons. The maximum absolute atomic E-state index is 12.8. The van der Waals surface area contributed by atoms with Gasteiger partial charge in [0.2, 0.25) is 0 Å². The Balaban J connectivity index is 1.25. The molecular formula is C33H44N4O7. The number of benzene rings is 2. The zero-order valence-corrected chi connectivity index (χ0v) is 25.3. The molecule has 2 amide bonds. The van der Waals surface area contributed by atoms with Gasteiger partial charge in [-0.3, -0.25) is 4.98 Å². The molecule has 0 aliphatic heterocycles. The summed E-state index contributed by atoms with van der Waals surface area (Å²) in [6, 6.07) is 14.9. The summed E-state index contributed by atoms with van der Waals surface area (Å²) in [4.78, 5) is 33.6. The van der Waals surface area contributed by atoms with Gasteiger partial charge >= 0.3 is 12.0 Å². The highest BCUT2D eigenvalue weighted by atomic mass is 16.7. The summed E-state index contributed by atoms with van der Waals surface area (Å²) in [6.45, 7) is 3.59. The minimum Gasteiger partial charge on any atom is -0.508 e. The molecule has 11 nitrogen and oxygen atoms in total. The number of ether oxygens (including phenoxy) is 1. The molecule has 0 bridgehead atoms. The van der Waals surface area contributed by atoms with Gasteiger partial charge in [-0.2, -0.15) is 0 Å². The number of hydrogen-bond donors (Lipinski definition) is 5. The number of phenols is 1. The number of nitrogens with zero attached hydrogens (tertiary/aromatic N) is 2. The number of aryl methyl sites for hydroxylation is 1. The second kappa shape index (κ2) is 19.3. The first-order valence-electron chi connectivity index (χ1n) is 15.0. The van der Waals surface area contributed by atoms with Crippen molar-refractivity contribution in [1.82, 2.24) is 10.3 Å². The van der Waals surface area contributed by atoms with E-state index in [1.165, 1.54) is 19.2 Å². The lowest BCUT2D eigenvalue weighted by Gasteiger charge is -2.21. The van der Waals surface area contributed by atoms with Crippen molar-refractivity contribution in [3.8, 4) is 5.75 Å². The van der Waals surface area contributed by atoms with Crippen molar-refractivity contribution in [2.24, 2.45) is 0 Å². The molecule has 0 unspecified atom stereocenters. The van der Waals surface area contributed by atoms with Crippen LogP contribution in [0.15, 0.2) is 67.0 Å². The number of carbonyl (C=O) groups excluding carboxylic acids is 2. The Labute approximate surface area is 258 Å². The summed E-state index contributed by atoms with van der Waals surface area (Å²) in [6.07, 6.45) is 9.18. The van der Waals surface area contributed by atoms with Crippen LogP contribution in [0.25, 0.3) is 0 Å². The lowest BCUT2D eigenvalue weighted by atomic mass is 10.1. The zero-order valence-electron chi connectivity index (χ0n) is 25.3. The van der Waals surface area contributed by atoms with Gasteiger partial charge in [0.25, 0.3) is 0 Å². The van der Waals surface area contributed by atoms with Gasteiger partial charge in [-0.25, -0.2) is 9.59 Å². The number of unbranched alkanes of at least 4 members (excludes halogenated alkanes) is 4. The van der Waals surface area contributed by atoms with Crippen LogP contribution in [-0.4, -0.2) is 58.6 Å². The Kier molecular flexibility index (Phi) is 15.1. The van der Waals surface area contributed by atoms with Crippen molar-refractivity contribution in [1.29, 1.82) is 0 Å². The minimum atomic E-state index is -0.696. The Morgan fingerprint density at radius 3 is 2.52 bits per heavy atom. The van der Waals surface area contributed by atoms with E-state index < -0.39 is 18.1 Å². The molecule has 1 heterocycles. The van der Waals surface area contributed by atoms with Crippen LogP contribution in [0.5, 0.6) is 5.75 Å². The standard InChI is InChI=1S/C33H44N4O7/c1-25(39)44-37(33(42)36-29-12-9-17-34-22-29)30-13-8-11-26(20-30)10-4-7-19-43-18-6-3-2-5-16-35-23-32(41)27-14-15-31(40)28(21-27)24-38/h8-9,11-15,17,20-22,32,35,38,40-41H,2-7,10,16,18-19,23-24H2,1H3,(H,36,42)/t32-/m1/s1. The third kappa shape index (κ3) is 12.3. The van der Waals surface area contributed by atoms with Crippen molar-refractivity contribution in [3.63, 3.8) is 0 Å². The predicted molar refractivity (Wildman–Crippen MR) is 168 cm³/mol. The number of hydroxylamine groups is 1. The van der Waals surface area contributed by atoms with E-state index in [4.69, 9.17) is 9.57 Å². The molecule has 2 aromatic carbocycles. The molecular weight excluding hydrogens is 564 g/mol. The highest BCUT2D eigenvalue weighted by Crippen LogP contribution is 2.22. The molecule has 0 saturated heterocycles. The SMILES string of the molecule is CC(=O)ON(C(=O)Nc1cccnc1)c1cccc(CCCCOCCCCCCNC[C@@H](O)c2ccc(O)c(CO)c2)c1. The number of urea groups is 1. The largest absolute Gasteiger partial charge is 0.508 e. The predicted octanol–water partition coefficient (Wildman–Crippen LogP) is 5.02. The van der Waals surface area contributed by atoms with Crippen LogP contribution >= 0.6 is 0 Å². The van der Waals surface area contributed by atoms with E-state index >= 15 is 0 Å². The van der Waals surface area contributed by atoms with Crippen LogP contribution in [-0.2, 0) is 27.4 Å². The maximum atomic E-state index is 12.8. The average Bonchev–Trinajstić information content (AvgIpc) is 3.02. The molecule has 0 aliphatic carbocycles. The fourth-order valence-corrected chi connectivity index (χ4v) is 4.53. The molecule has 11 heteroatoms. The lowest BCUT2D eigenvalue weighted by Crippen LogP contribution is -2.36. The van der Waals surface area contributed by atoms with Crippen molar-refractivity contribution < 1.29 is 34.5 Å². The number of nitrogens with one attached hydrogen (secondary N) is 2. The van der Waals surface area contributed by atoms with Gasteiger partial charge in [0, 0.05) is 38.4 Å². The van der Waals surface area contributed by atoms with Crippen LogP contribution in [0.3, 0.4) is 0 Å². The molecule has 5 N–H and O–H groups in total. The molecule has 1 aromatic heterocycles. The Morgan fingerprint density at radius 1 is 0.977 bits per heavy atom. The normalized spacial score (nSPS) is 11.6. The van der Waals surface area contributed by atoms with Crippen LogP contribution in [0.4, 0.5) is 16.2 Å². The first kappa shape index (κ1) is 34.5. The van der Waals surface area contributed by atoms with E-state index in [0.29, 0.717) is 35.7 Å². The number of anilines is 2. The lowest BCUT2D eigenvalue weighted by molar-refractivity contribution is -0.141. The third-order valence-electron chi connectivity index (χ3n) is 6.85. The topological polar surface area (TPSA) is 153 Å². The number of hydrogen-bond acceptors (Lipinski definition) is 9. The first-order valence-corrected chi connectivity index (χ1v) is 15.0. The van der Waals surface area contributed by atoms with Gasteiger partial charge in [-0.05, 0) is 86.2 Å². The number of rotatable bonds is 18. The van der Waals surface area contributed by atoms with Crippen LogP contribution < -0.4 is 15.7 Å². The Hall–Kier alpha value is -4.03. The highest BCUT2D eigenvalue weighted by Gasteiger charge is 2.20. The van der Waals surface area contributed by atoms with Gasteiger partial charge in [0.1, 0.15) is 5.75 Å². The first-order chi connectivity index (χ1) is 21.4. The minimum absolute atomic E-state index is 0.0264. The van der Waals surface area contributed by atoms with Crippen LogP contribution in [0.1, 0.15) is 68.2 Å². The van der Waals surface area contributed by atoms with E-state index in [1.54, 1.807) is 36.5 Å². The number of aromatic hydroxyl groups is 1. The fourth-order valence-electron chi connectivity index (χ4n) is 4.53. The third-order valence-corrected chi connectivity index (χ3v) is 6.85. The highest BCUT2D eigenvalue weighted by molar-refractivity contribution is 6.01. The van der Waals surface area contributed by atoms with Crippen molar-refractivity contribution in [3.05, 3.63) is 83.7 Å². The molecule has 44 heavy (non-hydrogen) atoms. The van der Waals surface area contributed by atoms with Crippen molar-refractivity contribution in [2.75, 3.05) is 36.7 Å². The van der Waals surface area contributed by atoms with E-state index in [2.05, 4.69) is 15.6 Å². The molecule has 1 atom stereocenters. The summed E-state index contributed by atoms with van der Waals surface area (Å²) >= 11 is 0. The second-order valence-corrected chi connectivity index (χ2v) is 10.5. The fraction of sp³-hybridized carbons (Fsp3) is 0.424. The zero-order chi connectivity index (χ0) is 31.6. The summed E-state index contributed by atoms with van der Waals surface area (Å²) in [5.74, 6) is -0.579.